The Hall–Kier alpha value is -3.06. The van der Waals surface area contributed by atoms with Gasteiger partial charge in [-0.25, -0.2) is 14.4 Å². The first kappa shape index (κ1) is 19.9. The van der Waals surface area contributed by atoms with Crippen molar-refractivity contribution in [3.63, 3.8) is 0 Å². The largest absolute Gasteiger partial charge is 0.443 e. The second kappa shape index (κ2) is 8.59. The number of fused-ring (bicyclic) bond motifs is 1. The van der Waals surface area contributed by atoms with Gasteiger partial charge in [-0.1, -0.05) is 24.3 Å². The molecule has 1 aromatic heterocycles. The molecule has 3 aliphatic rings. The third-order valence-corrected chi connectivity index (χ3v) is 6.37. The van der Waals surface area contributed by atoms with Crippen LogP contribution in [0.1, 0.15) is 24.9 Å². The molecule has 7 heteroatoms. The molecule has 1 saturated heterocycles. The fourth-order valence-corrected chi connectivity index (χ4v) is 4.48. The number of ether oxygens (including phenoxy) is 1. The van der Waals surface area contributed by atoms with Crippen LogP contribution in [-0.2, 0) is 0 Å². The van der Waals surface area contributed by atoms with E-state index in [0.29, 0.717) is 5.88 Å². The van der Waals surface area contributed by atoms with Crippen molar-refractivity contribution < 1.29 is 9.13 Å². The van der Waals surface area contributed by atoms with Crippen molar-refractivity contribution in [2.75, 3.05) is 31.1 Å². The zero-order valence-electron chi connectivity index (χ0n) is 17.6. The summed E-state index contributed by atoms with van der Waals surface area (Å²) in [7, 11) is 0. The van der Waals surface area contributed by atoms with E-state index in [1.807, 2.05) is 36.6 Å². The van der Waals surface area contributed by atoms with Gasteiger partial charge in [0.2, 0.25) is 5.88 Å². The minimum Gasteiger partial charge on any atom is -0.443 e. The van der Waals surface area contributed by atoms with Crippen molar-refractivity contribution in [2.24, 2.45) is 10.9 Å². The Morgan fingerprint density at radius 3 is 2.71 bits per heavy atom. The topological polar surface area (TPSA) is 53.9 Å². The van der Waals surface area contributed by atoms with Crippen molar-refractivity contribution in [1.29, 1.82) is 0 Å². The number of aromatic nitrogens is 2. The fraction of sp³-hybridized carbons (Fsp3) is 0.375. The quantitative estimate of drug-likeness (QED) is 0.738. The average Bonchev–Trinajstić information content (AvgIpc) is 3.30. The van der Waals surface area contributed by atoms with Crippen LogP contribution in [0.3, 0.4) is 0 Å². The predicted molar refractivity (Wildman–Crippen MR) is 119 cm³/mol. The van der Waals surface area contributed by atoms with Crippen molar-refractivity contribution in [3.05, 3.63) is 72.0 Å². The minimum absolute atomic E-state index is 0.178. The summed E-state index contributed by atoms with van der Waals surface area (Å²) in [6.07, 6.45) is 10.6. The van der Waals surface area contributed by atoms with Gasteiger partial charge < -0.3 is 9.64 Å². The van der Waals surface area contributed by atoms with Gasteiger partial charge in [0.15, 0.2) is 0 Å². The van der Waals surface area contributed by atoms with Gasteiger partial charge in [-0.05, 0) is 37.1 Å². The monoisotopic (exact) mass is 419 g/mol. The SMILES string of the molecule is CC(c1ccc(F)cc1)N1CCN(c2cc(OC3=CC=CC4N=CCC34)ncn2)CC1. The number of nitrogens with zero attached hydrogens (tertiary/aromatic N) is 5. The molecule has 1 aliphatic carbocycles. The second-order valence-corrected chi connectivity index (χ2v) is 8.19. The zero-order chi connectivity index (χ0) is 21.2. The first-order valence-electron chi connectivity index (χ1n) is 10.8. The van der Waals surface area contributed by atoms with Crippen LogP contribution in [0.15, 0.2) is 65.6 Å². The number of hydrogen-bond acceptors (Lipinski definition) is 6. The van der Waals surface area contributed by atoms with Crippen LogP contribution in [0.2, 0.25) is 0 Å². The number of halogens is 1. The highest BCUT2D eigenvalue weighted by atomic mass is 19.1. The lowest BCUT2D eigenvalue weighted by Gasteiger charge is -2.38. The molecule has 3 atom stereocenters. The molecule has 1 fully saturated rings. The number of hydrogen-bond donors (Lipinski definition) is 0. The van der Waals surface area contributed by atoms with Crippen LogP contribution in [0, 0.1) is 11.7 Å². The molecule has 160 valence electrons. The molecule has 2 aliphatic heterocycles. The van der Waals surface area contributed by atoms with Crippen LogP contribution in [0.25, 0.3) is 0 Å². The summed E-state index contributed by atoms with van der Waals surface area (Å²) in [5, 5.41) is 0. The maximum Gasteiger partial charge on any atom is 0.223 e. The number of anilines is 1. The smallest absolute Gasteiger partial charge is 0.223 e. The van der Waals surface area contributed by atoms with Gasteiger partial charge in [0.1, 0.15) is 23.7 Å². The van der Waals surface area contributed by atoms with Crippen molar-refractivity contribution in [1.82, 2.24) is 14.9 Å². The van der Waals surface area contributed by atoms with Gasteiger partial charge in [-0.2, -0.15) is 0 Å². The normalized spacial score (nSPS) is 24.1. The van der Waals surface area contributed by atoms with E-state index in [4.69, 9.17) is 4.74 Å². The third-order valence-electron chi connectivity index (χ3n) is 6.37. The van der Waals surface area contributed by atoms with Crippen molar-refractivity contribution in [3.8, 4) is 5.88 Å². The highest BCUT2D eigenvalue weighted by molar-refractivity contribution is 5.63. The molecule has 0 bridgehead atoms. The van der Waals surface area contributed by atoms with Crippen LogP contribution in [0.4, 0.5) is 10.2 Å². The molecule has 0 N–H and O–H groups in total. The first-order chi connectivity index (χ1) is 15.2. The van der Waals surface area contributed by atoms with E-state index >= 15 is 0 Å². The van der Waals surface area contributed by atoms with Crippen LogP contribution in [0.5, 0.6) is 5.88 Å². The van der Waals surface area contributed by atoms with Crippen LogP contribution >= 0.6 is 0 Å². The van der Waals surface area contributed by atoms with Gasteiger partial charge in [0.05, 0.1) is 6.04 Å². The molecule has 6 nitrogen and oxygen atoms in total. The van der Waals surface area contributed by atoms with Gasteiger partial charge in [0, 0.05) is 50.4 Å². The Labute approximate surface area is 181 Å². The van der Waals surface area contributed by atoms with E-state index in [9.17, 15) is 4.39 Å². The maximum absolute atomic E-state index is 13.2. The summed E-state index contributed by atoms with van der Waals surface area (Å²) >= 11 is 0. The lowest BCUT2D eigenvalue weighted by atomic mass is 9.93. The highest BCUT2D eigenvalue weighted by Gasteiger charge is 2.30. The molecule has 0 radical (unpaired) electrons. The Balaban J connectivity index is 1.21. The molecule has 3 heterocycles. The maximum atomic E-state index is 13.2. The number of piperazine rings is 1. The number of allylic oxidation sites excluding steroid dienone is 2. The molecular formula is C24H26FN5O. The molecule has 0 spiro atoms. The van der Waals surface area contributed by atoms with Crippen molar-refractivity contribution in [2.45, 2.75) is 25.4 Å². The lowest BCUT2D eigenvalue weighted by Crippen LogP contribution is -2.47. The standard InChI is InChI=1S/C24H26FN5O/c1-17(18-5-7-19(25)8-6-18)29-11-13-30(14-12-29)23-15-24(28-16-27-23)31-22-4-2-3-21-20(22)9-10-26-21/h2-8,10,15-17,20-21H,9,11-14H2,1H3. The summed E-state index contributed by atoms with van der Waals surface area (Å²) in [5.41, 5.74) is 1.14. The Morgan fingerprint density at radius 2 is 1.90 bits per heavy atom. The van der Waals surface area contributed by atoms with Gasteiger partial charge in [-0.3, -0.25) is 9.89 Å². The molecule has 1 aromatic carbocycles. The predicted octanol–water partition coefficient (Wildman–Crippen LogP) is 3.79. The van der Waals surface area contributed by atoms with E-state index in [0.717, 1.165) is 49.7 Å². The Kier molecular flexibility index (Phi) is 5.51. The first-order valence-corrected chi connectivity index (χ1v) is 10.8. The molecular weight excluding hydrogens is 393 g/mol. The zero-order valence-corrected chi connectivity index (χ0v) is 17.6. The number of benzene rings is 1. The summed E-state index contributed by atoms with van der Waals surface area (Å²) < 4.78 is 19.4. The Morgan fingerprint density at radius 1 is 1.10 bits per heavy atom. The Bertz CT molecular complexity index is 1010. The number of rotatable bonds is 5. The molecule has 31 heavy (non-hydrogen) atoms. The number of aliphatic imine (C=N–C) groups is 1. The van der Waals surface area contributed by atoms with Crippen molar-refractivity contribution >= 4 is 12.0 Å². The fourth-order valence-electron chi connectivity index (χ4n) is 4.48. The third kappa shape index (κ3) is 4.23. The van der Waals surface area contributed by atoms with Gasteiger partial charge in [0.25, 0.3) is 0 Å². The minimum atomic E-state index is -0.196. The summed E-state index contributed by atoms with van der Waals surface area (Å²) in [4.78, 5) is 18.0. The highest BCUT2D eigenvalue weighted by Crippen LogP contribution is 2.32. The molecule has 0 amide bonds. The van der Waals surface area contributed by atoms with Crippen LogP contribution < -0.4 is 9.64 Å². The van der Waals surface area contributed by atoms with E-state index in [1.165, 1.54) is 12.1 Å². The van der Waals surface area contributed by atoms with Gasteiger partial charge >= 0.3 is 0 Å². The summed E-state index contributed by atoms with van der Waals surface area (Å²) in [6, 6.07) is 9.15. The molecule has 3 unspecified atom stereocenters. The summed E-state index contributed by atoms with van der Waals surface area (Å²) in [6.45, 7) is 5.73. The molecule has 2 aromatic rings. The average molecular weight is 420 g/mol. The van der Waals surface area contributed by atoms with Crippen LogP contribution in [-0.4, -0.2) is 53.3 Å². The lowest BCUT2D eigenvalue weighted by molar-refractivity contribution is 0.198. The second-order valence-electron chi connectivity index (χ2n) is 8.19. The van der Waals surface area contributed by atoms with Gasteiger partial charge in [-0.15, -0.1) is 0 Å². The van der Waals surface area contributed by atoms with E-state index in [1.54, 1.807) is 6.33 Å². The molecule has 0 saturated carbocycles. The van der Waals surface area contributed by atoms with E-state index < -0.39 is 0 Å². The summed E-state index contributed by atoms with van der Waals surface area (Å²) in [5.74, 6) is 2.43. The van der Waals surface area contributed by atoms with E-state index in [-0.39, 0.29) is 23.8 Å². The van der Waals surface area contributed by atoms with E-state index in [2.05, 4.69) is 37.8 Å². The molecule has 5 rings (SSSR count).